The van der Waals surface area contributed by atoms with Gasteiger partial charge in [-0.1, -0.05) is 0 Å². The van der Waals surface area contributed by atoms with E-state index < -0.39 is 0 Å². The van der Waals surface area contributed by atoms with Crippen LogP contribution in [-0.2, 0) is 9.53 Å². The zero-order valence-corrected chi connectivity index (χ0v) is 12.8. The molecule has 1 aliphatic carbocycles. The molecule has 4 nitrogen and oxygen atoms in total. The van der Waals surface area contributed by atoms with Gasteiger partial charge in [-0.15, -0.1) is 11.8 Å². The first-order chi connectivity index (χ1) is 9.49. The van der Waals surface area contributed by atoms with Crippen LogP contribution in [-0.4, -0.2) is 23.8 Å². The molecule has 0 bridgehead atoms. The van der Waals surface area contributed by atoms with E-state index in [1.165, 1.54) is 7.11 Å². The van der Waals surface area contributed by atoms with E-state index in [9.17, 15) is 10.1 Å². The van der Waals surface area contributed by atoms with Crippen LogP contribution in [0.3, 0.4) is 0 Å². The molecule has 5 heteroatoms. The van der Waals surface area contributed by atoms with E-state index in [1.807, 2.05) is 19.9 Å². The Labute approximate surface area is 123 Å². The summed E-state index contributed by atoms with van der Waals surface area (Å²) in [4.78, 5) is 16.7. The highest BCUT2D eigenvalue weighted by molar-refractivity contribution is 7.99. The van der Waals surface area contributed by atoms with Crippen molar-refractivity contribution in [3.05, 3.63) is 23.0 Å². The summed E-state index contributed by atoms with van der Waals surface area (Å²) in [5, 5.41) is 9.24. The predicted octanol–water partition coefficient (Wildman–Crippen LogP) is 3.01. The number of methoxy groups -OCH3 is 1. The molecule has 1 aromatic rings. The minimum atomic E-state index is -0.148. The van der Waals surface area contributed by atoms with Crippen molar-refractivity contribution in [1.82, 2.24) is 4.98 Å². The number of hydrogen-bond acceptors (Lipinski definition) is 5. The molecular weight excluding hydrogens is 272 g/mol. The number of rotatable bonds is 5. The van der Waals surface area contributed by atoms with Gasteiger partial charge >= 0.3 is 5.97 Å². The molecule has 1 saturated carbocycles. The zero-order valence-electron chi connectivity index (χ0n) is 12.0. The molecule has 1 aliphatic rings. The van der Waals surface area contributed by atoms with Crippen molar-refractivity contribution in [3.8, 4) is 6.07 Å². The van der Waals surface area contributed by atoms with Crippen molar-refractivity contribution in [2.75, 3.05) is 12.9 Å². The fourth-order valence-corrected chi connectivity index (χ4v) is 3.64. The highest BCUT2D eigenvalue weighted by Crippen LogP contribution is 2.52. The van der Waals surface area contributed by atoms with E-state index in [-0.39, 0.29) is 11.4 Å². The van der Waals surface area contributed by atoms with E-state index in [4.69, 9.17) is 4.74 Å². The Kier molecular flexibility index (Phi) is 4.34. The van der Waals surface area contributed by atoms with Gasteiger partial charge in [0.05, 0.1) is 24.8 Å². The maximum Gasteiger partial charge on any atom is 0.306 e. The molecule has 106 valence electrons. The molecular formula is C15H18N2O2S. The van der Waals surface area contributed by atoms with Gasteiger partial charge in [-0.3, -0.25) is 9.78 Å². The topological polar surface area (TPSA) is 63.0 Å². The highest BCUT2D eigenvalue weighted by Gasteiger charge is 2.44. The molecule has 20 heavy (non-hydrogen) atoms. The number of esters is 1. The summed E-state index contributed by atoms with van der Waals surface area (Å²) >= 11 is 1.65. The second-order valence-corrected chi connectivity index (χ2v) is 6.39. The number of nitrogens with zero attached hydrogens (tertiary/aromatic N) is 2. The van der Waals surface area contributed by atoms with Gasteiger partial charge in [-0.2, -0.15) is 5.26 Å². The Morgan fingerprint density at radius 3 is 2.80 bits per heavy atom. The number of aryl methyl sites for hydroxylation is 2. The average molecular weight is 290 g/mol. The molecule has 1 heterocycles. The van der Waals surface area contributed by atoms with Crippen molar-refractivity contribution in [2.24, 2.45) is 5.41 Å². The molecule has 0 amide bonds. The van der Waals surface area contributed by atoms with Gasteiger partial charge in [-0.05, 0) is 38.2 Å². The van der Waals surface area contributed by atoms with Crippen LogP contribution in [0.2, 0.25) is 0 Å². The van der Waals surface area contributed by atoms with Crippen LogP contribution in [0.5, 0.6) is 0 Å². The Bertz CT molecular complexity index is 574. The summed E-state index contributed by atoms with van der Waals surface area (Å²) < 4.78 is 4.75. The summed E-state index contributed by atoms with van der Waals surface area (Å²) in [5.74, 6) is 0.699. The lowest BCUT2D eigenvalue weighted by atomic mass is 10.1. The SMILES string of the molecule is COC(=O)CC1(CSc2cc(C)nc(C)c2C#N)CC1. The number of ether oxygens (including phenoxy) is 1. The number of pyridine rings is 1. The Morgan fingerprint density at radius 1 is 1.55 bits per heavy atom. The molecule has 0 N–H and O–H groups in total. The van der Waals surface area contributed by atoms with Gasteiger partial charge in [0.2, 0.25) is 0 Å². The molecule has 0 spiro atoms. The number of carbonyl (C=O) groups excluding carboxylic acids is 1. The number of nitriles is 1. The Balaban J connectivity index is 2.08. The quantitative estimate of drug-likeness (QED) is 0.616. The summed E-state index contributed by atoms with van der Waals surface area (Å²) in [6, 6.07) is 4.17. The summed E-state index contributed by atoms with van der Waals surface area (Å²) in [6.45, 7) is 3.79. The number of aromatic nitrogens is 1. The van der Waals surface area contributed by atoms with Gasteiger partial charge in [0.15, 0.2) is 0 Å². The molecule has 1 fully saturated rings. The molecule has 2 rings (SSSR count). The standard InChI is InChI=1S/C15H18N2O2S/c1-10-6-13(12(8-16)11(2)17-10)20-9-15(4-5-15)7-14(18)19-3/h6H,4-5,7,9H2,1-3H3. The van der Waals surface area contributed by atoms with Gasteiger partial charge in [-0.25, -0.2) is 0 Å². The van der Waals surface area contributed by atoms with Crippen LogP contribution in [0.15, 0.2) is 11.0 Å². The first-order valence-corrected chi connectivity index (χ1v) is 7.56. The van der Waals surface area contributed by atoms with Crippen LogP contribution in [0.25, 0.3) is 0 Å². The Morgan fingerprint density at radius 2 is 2.25 bits per heavy atom. The van der Waals surface area contributed by atoms with E-state index in [0.29, 0.717) is 12.0 Å². The smallest absolute Gasteiger partial charge is 0.306 e. The Hall–Kier alpha value is -1.54. The fraction of sp³-hybridized carbons (Fsp3) is 0.533. The summed E-state index contributed by atoms with van der Waals surface area (Å²) in [7, 11) is 1.43. The third kappa shape index (κ3) is 3.31. The first-order valence-electron chi connectivity index (χ1n) is 6.58. The third-order valence-corrected chi connectivity index (χ3v) is 5.03. The van der Waals surface area contributed by atoms with Crippen molar-refractivity contribution in [2.45, 2.75) is 38.0 Å². The lowest BCUT2D eigenvalue weighted by Gasteiger charge is -2.14. The maximum absolute atomic E-state index is 11.4. The summed E-state index contributed by atoms with van der Waals surface area (Å²) in [5.41, 5.74) is 2.40. The van der Waals surface area contributed by atoms with Crippen molar-refractivity contribution < 1.29 is 9.53 Å². The number of carbonyl (C=O) groups is 1. The molecule has 0 saturated heterocycles. The predicted molar refractivity (Wildman–Crippen MR) is 77.5 cm³/mol. The monoisotopic (exact) mass is 290 g/mol. The second-order valence-electron chi connectivity index (χ2n) is 5.38. The molecule has 1 aromatic heterocycles. The van der Waals surface area contributed by atoms with E-state index in [2.05, 4.69) is 11.1 Å². The summed E-state index contributed by atoms with van der Waals surface area (Å²) in [6.07, 6.45) is 2.58. The molecule has 0 aromatic carbocycles. The molecule has 0 radical (unpaired) electrons. The van der Waals surface area contributed by atoms with E-state index in [1.54, 1.807) is 11.8 Å². The third-order valence-electron chi connectivity index (χ3n) is 3.64. The van der Waals surface area contributed by atoms with Crippen LogP contribution in [0, 0.1) is 30.6 Å². The van der Waals surface area contributed by atoms with E-state index in [0.717, 1.165) is 34.9 Å². The van der Waals surface area contributed by atoms with Gasteiger partial charge in [0, 0.05) is 16.3 Å². The van der Waals surface area contributed by atoms with Crippen LogP contribution in [0.1, 0.15) is 36.2 Å². The van der Waals surface area contributed by atoms with Gasteiger partial charge in [0.25, 0.3) is 0 Å². The fourth-order valence-electron chi connectivity index (χ4n) is 2.20. The normalized spacial score (nSPS) is 15.5. The maximum atomic E-state index is 11.4. The zero-order chi connectivity index (χ0) is 14.8. The molecule has 0 unspecified atom stereocenters. The van der Waals surface area contributed by atoms with Crippen molar-refractivity contribution >= 4 is 17.7 Å². The van der Waals surface area contributed by atoms with E-state index >= 15 is 0 Å². The minimum absolute atomic E-state index is 0.0650. The van der Waals surface area contributed by atoms with Crippen LogP contribution in [0.4, 0.5) is 0 Å². The lowest BCUT2D eigenvalue weighted by molar-refractivity contribution is -0.141. The first kappa shape index (κ1) is 14.9. The van der Waals surface area contributed by atoms with Crippen LogP contribution < -0.4 is 0 Å². The van der Waals surface area contributed by atoms with Crippen molar-refractivity contribution in [3.63, 3.8) is 0 Å². The second kappa shape index (κ2) is 5.84. The van der Waals surface area contributed by atoms with Crippen molar-refractivity contribution in [1.29, 1.82) is 5.26 Å². The average Bonchev–Trinajstić information content (AvgIpc) is 3.16. The molecule has 0 aliphatic heterocycles. The molecule has 0 atom stereocenters. The van der Waals surface area contributed by atoms with Crippen LogP contribution >= 0.6 is 11.8 Å². The minimum Gasteiger partial charge on any atom is -0.469 e. The largest absolute Gasteiger partial charge is 0.469 e. The number of hydrogen-bond donors (Lipinski definition) is 0. The van der Waals surface area contributed by atoms with Gasteiger partial charge < -0.3 is 4.74 Å². The lowest BCUT2D eigenvalue weighted by Crippen LogP contribution is -2.13. The highest BCUT2D eigenvalue weighted by atomic mass is 32.2. The number of thioether (sulfide) groups is 1. The van der Waals surface area contributed by atoms with Gasteiger partial charge in [0.1, 0.15) is 6.07 Å².